The van der Waals surface area contributed by atoms with E-state index in [-0.39, 0.29) is 5.96 Å². The van der Waals surface area contributed by atoms with Crippen LogP contribution in [0.2, 0.25) is 0 Å². The van der Waals surface area contributed by atoms with Gasteiger partial charge in [-0.15, -0.1) is 0 Å². The molecule has 0 aliphatic carbocycles. The summed E-state index contributed by atoms with van der Waals surface area (Å²) in [5, 5.41) is 14.3. The van der Waals surface area contributed by atoms with Gasteiger partial charge in [-0.1, -0.05) is 0 Å². The van der Waals surface area contributed by atoms with Crippen LogP contribution in [-0.2, 0) is 0 Å². The fourth-order valence-corrected chi connectivity index (χ4v) is 4.61. The molecule has 1 aliphatic rings. The van der Waals surface area contributed by atoms with E-state index in [1.807, 2.05) is 44.3 Å². The SMILES string of the molecule is CNc1ccc(Sc2nc(Nc3cc(C)[nH]n3)c(OC)c(N3CCN(CCN=C(N)N)CC3)n2)cc1. The lowest BCUT2D eigenvalue weighted by molar-refractivity contribution is 0.263. The van der Waals surface area contributed by atoms with Crippen molar-refractivity contribution in [2.75, 3.05) is 69.0 Å². The smallest absolute Gasteiger partial charge is 0.204 e. The third kappa shape index (κ3) is 6.49. The largest absolute Gasteiger partial charge is 0.490 e. The third-order valence-corrected chi connectivity index (χ3v) is 6.59. The van der Waals surface area contributed by atoms with Crippen LogP contribution in [0.3, 0.4) is 0 Å². The molecular formula is C23H33N11OS. The number of piperazine rings is 1. The number of aryl methyl sites for hydroxylation is 1. The van der Waals surface area contributed by atoms with Gasteiger partial charge in [0.15, 0.2) is 28.6 Å². The quantitative estimate of drug-likeness (QED) is 0.154. The Morgan fingerprint density at radius 3 is 2.53 bits per heavy atom. The van der Waals surface area contributed by atoms with E-state index in [0.717, 1.165) is 54.8 Å². The van der Waals surface area contributed by atoms with Crippen molar-refractivity contribution < 1.29 is 4.74 Å². The van der Waals surface area contributed by atoms with Gasteiger partial charge in [-0.25, -0.2) is 9.97 Å². The van der Waals surface area contributed by atoms with Crippen LogP contribution in [0.4, 0.5) is 23.1 Å². The molecule has 0 saturated carbocycles. The van der Waals surface area contributed by atoms with E-state index < -0.39 is 0 Å². The summed E-state index contributed by atoms with van der Waals surface area (Å²) in [5.41, 5.74) is 12.9. The normalized spacial score (nSPS) is 13.9. The van der Waals surface area contributed by atoms with Gasteiger partial charge in [0.1, 0.15) is 0 Å². The van der Waals surface area contributed by atoms with Gasteiger partial charge in [0.25, 0.3) is 0 Å². The number of hydrogen-bond donors (Lipinski definition) is 5. The Bertz CT molecular complexity index is 1170. The Hall–Kier alpha value is -3.71. The van der Waals surface area contributed by atoms with Crippen molar-refractivity contribution in [2.45, 2.75) is 17.0 Å². The van der Waals surface area contributed by atoms with Crippen molar-refractivity contribution >= 4 is 40.9 Å². The molecule has 7 N–H and O–H groups in total. The van der Waals surface area contributed by atoms with Crippen LogP contribution in [0.5, 0.6) is 5.75 Å². The fraction of sp³-hybridized carbons (Fsp3) is 0.391. The van der Waals surface area contributed by atoms with Crippen LogP contribution >= 0.6 is 11.8 Å². The minimum absolute atomic E-state index is 0.122. The molecule has 1 fully saturated rings. The van der Waals surface area contributed by atoms with E-state index in [1.54, 1.807) is 7.11 Å². The Morgan fingerprint density at radius 1 is 1.17 bits per heavy atom. The Kier molecular flexibility index (Phi) is 8.33. The number of H-pyrrole nitrogens is 1. The number of nitrogens with one attached hydrogen (secondary N) is 3. The second kappa shape index (κ2) is 11.8. The van der Waals surface area contributed by atoms with E-state index >= 15 is 0 Å². The summed E-state index contributed by atoms with van der Waals surface area (Å²) in [6, 6.07) is 10.1. The zero-order valence-corrected chi connectivity index (χ0v) is 21.6. The van der Waals surface area contributed by atoms with E-state index in [1.165, 1.54) is 11.8 Å². The Balaban J connectivity index is 1.59. The van der Waals surface area contributed by atoms with Crippen molar-refractivity contribution in [1.82, 2.24) is 25.1 Å². The zero-order valence-electron chi connectivity index (χ0n) is 20.8. The summed E-state index contributed by atoms with van der Waals surface area (Å²) >= 11 is 1.50. The molecule has 2 aromatic heterocycles. The number of hydrogen-bond acceptors (Lipinski definition) is 10. The van der Waals surface area contributed by atoms with Crippen LogP contribution in [0.1, 0.15) is 5.69 Å². The lowest BCUT2D eigenvalue weighted by Gasteiger charge is -2.35. The number of guanidine groups is 1. The maximum atomic E-state index is 5.82. The molecular weight excluding hydrogens is 478 g/mol. The molecule has 13 heteroatoms. The zero-order chi connectivity index (χ0) is 25.5. The van der Waals surface area contributed by atoms with Crippen molar-refractivity contribution in [1.29, 1.82) is 0 Å². The molecule has 1 saturated heterocycles. The number of methoxy groups -OCH3 is 1. The highest BCUT2D eigenvalue weighted by Crippen LogP contribution is 2.38. The van der Waals surface area contributed by atoms with Crippen LogP contribution in [0.15, 0.2) is 45.4 Å². The molecule has 0 radical (unpaired) electrons. The van der Waals surface area contributed by atoms with Gasteiger partial charge in [-0.05, 0) is 43.0 Å². The lowest BCUT2D eigenvalue weighted by Crippen LogP contribution is -2.47. The molecule has 1 aliphatic heterocycles. The molecule has 3 heterocycles. The summed E-state index contributed by atoms with van der Waals surface area (Å²) in [6.07, 6.45) is 0. The van der Waals surface area contributed by atoms with Gasteiger partial charge in [0, 0.05) is 62.1 Å². The van der Waals surface area contributed by atoms with E-state index in [0.29, 0.717) is 29.1 Å². The maximum Gasteiger partial charge on any atom is 0.204 e. The summed E-state index contributed by atoms with van der Waals surface area (Å²) < 4.78 is 5.82. The number of aromatic amines is 1. The van der Waals surface area contributed by atoms with Crippen LogP contribution < -0.4 is 31.7 Å². The first-order chi connectivity index (χ1) is 17.4. The van der Waals surface area contributed by atoms with Crippen LogP contribution in [-0.4, -0.2) is 84.5 Å². The molecule has 3 aromatic rings. The highest BCUT2D eigenvalue weighted by molar-refractivity contribution is 7.99. The minimum Gasteiger partial charge on any atom is -0.490 e. The molecule has 0 unspecified atom stereocenters. The van der Waals surface area contributed by atoms with Gasteiger partial charge in [-0.3, -0.25) is 15.0 Å². The standard InChI is InChI=1S/C23H33N11OS/c1-15-14-18(32-31-15)28-20-19(35-3)21(34-12-10-33(11-13-34)9-8-27-22(24)25)30-23(29-20)36-17-6-4-16(26-2)5-7-17/h4-7,14,26H,8-13H2,1-3H3,(H4,24,25,27)(H2,28,29,30,31,32). The van der Waals surface area contributed by atoms with Crippen molar-refractivity contribution in [2.24, 2.45) is 16.5 Å². The summed E-state index contributed by atoms with van der Waals surface area (Å²) in [7, 11) is 3.54. The van der Waals surface area contributed by atoms with E-state index in [4.69, 9.17) is 26.2 Å². The number of ether oxygens (including phenoxy) is 1. The molecule has 36 heavy (non-hydrogen) atoms. The molecule has 0 spiro atoms. The predicted molar refractivity (Wildman–Crippen MR) is 145 cm³/mol. The topological polar surface area (TPSA) is 159 Å². The minimum atomic E-state index is 0.122. The summed E-state index contributed by atoms with van der Waals surface area (Å²) in [5.74, 6) is 2.69. The first kappa shape index (κ1) is 25.4. The Labute approximate surface area is 214 Å². The number of rotatable bonds is 10. The highest BCUT2D eigenvalue weighted by atomic mass is 32.2. The van der Waals surface area contributed by atoms with Gasteiger partial charge < -0.3 is 31.7 Å². The molecule has 1 aromatic carbocycles. The molecule has 4 rings (SSSR count). The van der Waals surface area contributed by atoms with E-state index in [9.17, 15) is 0 Å². The number of nitrogens with zero attached hydrogens (tertiary/aromatic N) is 6. The van der Waals surface area contributed by atoms with Gasteiger partial charge in [0.05, 0.1) is 13.7 Å². The second-order valence-corrected chi connectivity index (χ2v) is 9.33. The number of nitrogens with two attached hydrogens (primary N) is 2. The number of aromatic nitrogens is 4. The van der Waals surface area contributed by atoms with Gasteiger partial charge in [-0.2, -0.15) is 5.10 Å². The van der Waals surface area contributed by atoms with Crippen molar-refractivity contribution in [3.8, 4) is 5.75 Å². The maximum absolute atomic E-state index is 5.82. The first-order valence-corrected chi connectivity index (χ1v) is 12.5. The molecule has 0 amide bonds. The molecule has 192 valence electrons. The van der Waals surface area contributed by atoms with Crippen molar-refractivity contribution in [3.63, 3.8) is 0 Å². The van der Waals surface area contributed by atoms with Crippen molar-refractivity contribution in [3.05, 3.63) is 36.0 Å². The average Bonchev–Trinajstić information content (AvgIpc) is 3.29. The Morgan fingerprint density at radius 2 is 1.92 bits per heavy atom. The predicted octanol–water partition coefficient (Wildman–Crippen LogP) is 1.85. The summed E-state index contributed by atoms with van der Waals surface area (Å²) in [6.45, 7) is 6.65. The molecule has 0 atom stereocenters. The summed E-state index contributed by atoms with van der Waals surface area (Å²) in [4.78, 5) is 19.4. The van der Waals surface area contributed by atoms with Crippen LogP contribution in [0, 0.1) is 6.92 Å². The highest BCUT2D eigenvalue weighted by Gasteiger charge is 2.25. The number of anilines is 4. The monoisotopic (exact) mass is 511 g/mol. The van der Waals surface area contributed by atoms with E-state index in [2.05, 4.69) is 35.6 Å². The molecule has 0 bridgehead atoms. The average molecular weight is 512 g/mol. The first-order valence-electron chi connectivity index (χ1n) is 11.7. The number of aliphatic imine (C=N–C) groups is 1. The fourth-order valence-electron chi connectivity index (χ4n) is 3.85. The molecule has 12 nitrogen and oxygen atoms in total. The van der Waals surface area contributed by atoms with Gasteiger partial charge in [0.2, 0.25) is 5.75 Å². The number of benzene rings is 1. The van der Waals surface area contributed by atoms with Gasteiger partial charge >= 0.3 is 0 Å². The second-order valence-electron chi connectivity index (χ2n) is 8.28. The third-order valence-electron chi connectivity index (χ3n) is 5.72. The van der Waals surface area contributed by atoms with Crippen LogP contribution in [0.25, 0.3) is 0 Å². The lowest BCUT2D eigenvalue weighted by atomic mass is 10.3.